The zero-order valence-corrected chi connectivity index (χ0v) is 38.9. The van der Waals surface area contributed by atoms with Gasteiger partial charge in [-0.25, -0.2) is 0 Å². The zero-order chi connectivity index (χ0) is 47.5. The fourth-order valence-electron chi connectivity index (χ4n) is 7.09. The molecular weight excluding hydrogens is 835 g/mol. The van der Waals surface area contributed by atoms with Crippen LogP contribution in [0.4, 0.5) is 0 Å². The van der Waals surface area contributed by atoms with Crippen LogP contribution in [0.1, 0.15) is 123 Å². The van der Waals surface area contributed by atoms with E-state index in [9.17, 15) is 45.6 Å². The largest absolute Gasteiger partial charge is 0.394 e. The highest BCUT2D eigenvalue weighted by Gasteiger charge is 2.50. The molecule has 0 aromatic rings. The third-order valence-electron chi connectivity index (χ3n) is 11.0. The van der Waals surface area contributed by atoms with E-state index in [1.807, 2.05) is 18.2 Å². The number of unbranched alkanes of at least 4 members (excludes halogenated alkanes) is 8. The van der Waals surface area contributed by atoms with Crippen molar-refractivity contribution in [2.75, 3.05) is 19.8 Å². The second kappa shape index (κ2) is 37.0. The quantitative estimate of drug-likeness (QED) is 0.0284. The predicted octanol–water partition coefficient (Wildman–Crippen LogP) is 5.59. The van der Waals surface area contributed by atoms with Crippen LogP contribution in [0, 0.1) is 0 Å². The monoisotopic (exact) mass is 918 g/mol. The number of aliphatic hydroxyl groups is 8. The minimum Gasteiger partial charge on any atom is -0.394 e. The molecule has 0 saturated carbocycles. The Hall–Kier alpha value is -3.09. The maximum absolute atomic E-state index is 13.1. The van der Waals surface area contributed by atoms with Crippen molar-refractivity contribution >= 4 is 5.91 Å². The normalized spacial score (nSPS) is 27.9. The fraction of sp³-hybridized carbons (Fsp3) is 0.667. The van der Waals surface area contributed by atoms with Crippen molar-refractivity contribution in [1.82, 2.24) is 5.32 Å². The number of ether oxygens (including phenoxy) is 4. The summed E-state index contributed by atoms with van der Waals surface area (Å²) in [7, 11) is 0. The van der Waals surface area contributed by atoms with Crippen LogP contribution in [0.15, 0.2) is 97.2 Å². The number of nitrogens with one attached hydrogen (secondary N) is 1. The van der Waals surface area contributed by atoms with Crippen molar-refractivity contribution in [3.63, 3.8) is 0 Å². The molecule has 0 bridgehead atoms. The lowest BCUT2D eigenvalue weighted by atomic mass is 9.97. The predicted molar refractivity (Wildman–Crippen MR) is 253 cm³/mol. The Bertz CT molecular complexity index is 1460. The molecule has 0 aromatic carbocycles. The first-order valence-electron chi connectivity index (χ1n) is 24.0. The van der Waals surface area contributed by atoms with Gasteiger partial charge in [0.15, 0.2) is 12.6 Å². The zero-order valence-electron chi connectivity index (χ0n) is 38.9. The van der Waals surface area contributed by atoms with Gasteiger partial charge in [-0.3, -0.25) is 4.79 Å². The lowest BCUT2D eigenvalue weighted by Gasteiger charge is -2.46. The number of carbonyl (C=O) groups excluding carboxylic acids is 1. The number of aliphatic hydroxyl groups excluding tert-OH is 8. The molecule has 14 heteroatoms. The summed E-state index contributed by atoms with van der Waals surface area (Å²) in [4.78, 5) is 13.1. The van der Waals surface area contributed by atoms with Gasteiger partial charge in [-0.2, -0.15) is 0 Å². The second-order valence-electron chi connectivity index (χ2n) is 16.5. The highest BCUT2D eigenvalue weighted by molar-refractivity contribution is 5.77. The molecule has 370 valence electrons. The molecule has 12 atom stereocenters. The van der Waals surface area contributed by atoms with E-state index in [-0.39, 0.29) is 18.9 Å². The van der Waals surface area contributed by atoms with Crippen molar-refractivity contribution < 1.29 is 64.6 Å². The number of amides is 1. The SMILES string of the molecule is CC/C=C\C/C=C\C/C=C\C/C=C\C/C=C\CC(=O)NC(COC1OC(CO)C(OC2OC(CO)C(O)C(O)C2O)C(O)C1O)C(O)/C=C/CC/C=C/CC/C=C/CCCCCCCC. The third-order valence-corrected chi connectivity index (χ3v) is 11.0. The van der Waals surface area contributed by atoms with Crippen LogP contribution in [0.5, 0.6) is 0 Å². The molecule has 2 rings (SSSR count). The lowest BCUT2D eigenvalue weighted by molar-refractivity contribution is -0.359. The molecule has 9 N–H and O–H groups in total. The Morgan fingerprint density at radius 3 is 1.66 bits per heavy atom. The Labute approximate surface area is 388 Å². The molecule has 2 aliphatic rings. The molecule has 1 amide bonds. The van der Waals surface area contributed by atoms with Crippen LogP contribution in [-0.2, 0) is 23.7 Å². The van der Waals surface area contributed by atoms with E-state index in [2.05, 4.69) is 86.0 Å². The number of hydrogen-bond donors (Lipinski definition) is 9. The smallest absolute Gasteiger partial charge is 0.224 e. The molecule has 12 unspecified atom stereocenters. The molecule has 2 heterocycles. The van der Waals surface area contributed by atoms with Gasteiger partial charge in [-0.05, 0) is 70.6 Å². The van der Waals surface area contributed by atoms with Crippen molar-refractivity contribution in [3.8, 4) is 0 Å². The van der Waals surface area contributed by atoms with Crippen LogP contribution in [0.3, 0.4) is 0 Å². The first-order chi connectivity index (χ1) is 31.6. The van der Waals surface area contributed by atoms with Gasteiger partial charge in [0.2, 0.25) is 5.91 Å². The van der Waals surface area contributed by atoms with Gasteiger partial charge in [0.1, 0.15) is 48.8 Å². The van der Waals surface area contributed by atoms with E-state index in [4.69, 9.17) is 18.9 Å². The Morgan fingerprint density at radius 2 is 1.08 bits per heavy atom. The second-order valence-corrected chi connectivity index (χ2v) is 16.5. The summed E-state index contributed by atoms with van der Waals surface area (Å²) in [6, 6.07) is -0.997. The molecular formula is C51H83NO13. The maximum atomic E-state index is 13.1. The van der Waals surface area contributed by atoms with Crippen LogP contribution in [0.25, 0.3) is 0 Å². The van der Waals surface area contributed by atoms with Gasteiger partial charge >= 0.3 is 0 Å². The topological polar surface area (TPSA) is 228 Å². The van der Waals surface area contributed by atoms with Crippen LogP contribution < -0.4 is 5.32 Å². The van der Waals surface area contributed by atoms with Crippen LogP contribution >= 0.6 is 0 Å². The molecule has 0 aliphatic carbocycles. The third kappa shape index (κ3) is 24.5. The van der Waals surface area contributed by atoms with Gasteiger partial charge in [-0.1, -0.05) is 143 Å². The summed E-state index contributed by atoms with van der Waals surface area (Å²) < 4.78 is 22.6. The van der Waals surface area contributed by atoms with Gasteiger partial charge in [0.05, 0.1) is 32.0 Å². The first kappa shape index (κ1) is 58.0. The molecule has 2 saturated heterocycles. The number of hydrogen-bond acceptors (Lipinski definition) is 13. The standard InChI is InChI=1S/C51H83NO13/c1-3-5-7-9-11-13-15-17-19-21-22-24-26-28-30-32-34-40(55)39(52-43(56)35-33-31-29-27-25-23-20-18-16-14-12-10-8-6-4-2)38-62-50-48(61)46(59)49(42(37-54)64-50)65-51-47(60)45(58)44(57)41(36-53)63-51/h6,8,12,14,17-20,24-27,31-34,39-42,44-51,53-55,57-61H,3-5,7,9-11,13,15-16,21-23,28-30,35-38H2,1-2H3,(H,52,56)/b8-6-,14-12-,19-17+,20-18-,26-24+,27-25-,33-31-,34-32+. The van der Waals surface area contributed by atoms with Gasteiger partial charge in [-0.15, -0.1) is 0 Å². The van der Waals surface area contributed by atoms with Crippen molar-refractivity contribution in [2.45, 2.75) is 197 Å². The lowest BCUT2D eigenvalue weighted by Crippen LogP contribution is -2.65. The highest BCUT2D eigenvalue weighted by atomic mass is 16.7. The molecule has 2 fully saturated rings. The van der Waals surface area contributed by atoms with Crippen molar-refractivity contribution in [3.05, 3.63) is 97.2 Å². The van der Waals surface area contributed by atoms with Crippen LogP contribution in [-0.4, -0.2) is 140 Å². The van der Waals surface area contributed by atoms with E-state index in [0.717, 1.165) is 51.4 Å². The average molecular weight is 918 g/mol. The summed E-state index contributed by atoms with van der Waals surface area (Å²) >= 11 is 0. The highest BCUT2D eigenvalue weighted by Crippen LogP contribution is 2.30. The number of allylic oxidation sites excluding steroid dienone is 14. The Kier molecular flexibility index (Phi) is 33.0. The molecule has 0 aromatic heterocycles. The minimum atomic E-state index is -1.80. The summed E-state index contributed by atoms with van der Waals surface area (Å²) in [5, 5.41) is 86.5. The number of rotatable bonds is 34. The van der Waals surface area contributed by atoms with E-state index in [1.165, 1.54) is 38.5 Å². The van der Waals surface area contributed by atoms with Crippen molar-refractivity contribution in [1.29, 1.82) is 0 Å². The Balaban J connectivity index is 1.95. The van der Waals surface area contributed by atoms with Crippen LogP contribution in [0.2, 0.25) is 0 Å². The average Bonchev–Trinajstić information content (AvgIpc) is 3.30. The number of carbonyl (C=O) groups is 1. The minimum absolute atomic E-state index is 0.0321. The van der Waals surface area contributed by atoms with E-state index < -0.39 is 86.8 Å². The summed E-state index contributed by atoms with van der Waals surface area (Å²) in [6.07, 6.45) is 31.9. The van der Waals surface area contributed by atoms with Crippen molar-refractivity contribution in [2.24, 2.45) is 0 Å². The van der Waals surface area contributed by atoms with E-state index in [1.54, 1.807) is 12.2 Å². The summed E-state index contributed by atoms with van der Waals surface area (Å²) in [5.41, 5.74) is 0. The molecule has 0 spiro atoms. The molecule has 2 aliphatic heterocycles. The summed E-state index contributed by atoms with van der Waals surface area (Å²) in [5.74, 6) is -0.386. The first-order valence-corrected chi connectivity index (χ1v) is 24.0. The summed E-state index contributed by atoms with van der Waals surface area (Å²) in [6.45, 7) is 2.53. The van der Waals surface area contributed by atoms with Gasteiger partial charge in [0.25, 0.3) is 0 Å². The molecule has 14 nitrogen and oxygen atoms in total. The molecule has 65 heavy (non-hydrogen) atoms. The van der Waals surface area contributed by atoms with E-state index in [0.29, 0.717) is 12.8 Å². The Morgan fingerprint density at radius 1 is 0.569 bits per heavy atom. The molecule has 0 radical (unpaired) electrons. The maximum Gasteiger partial charge on any atom is 0.224 e. The fourth-order valence-corrected chi connectivity index (χ4v) is 7.09. The van der Waals surface area contributed by atoms with Gasteiger partial charge < -0.3 is 65.1 Å². The van der Waals surface area contributed by atoms with E-state index >= 15 is 0 Å². The van der Waals surface area contributed by atoms with Gasteiger partial charge in [0, 0.05) is 6.42 Å².